The van der Waals surface area contributed by atoms with Crippen LogP contribution >= 0.6 is 0 Å². The van der Waals surface area contributed by atoms with Crippen LogP contribution in [0.5, 0.6) is 5.75 Å². The zero-order valence-electron chi connectivity index (χ0n) is 10.3. The number of hydrogen-bond acceptors (Lipinski definition) is 3. The highest BCUT2D eigenvalue weighted by molar-refractivity contribution is 5.94. The van der Waals surface area contributed by atoms with E-state index in [9.17, 15) is 9.90 Å². The molecule has 94 valence electrons. The molecule has 0 radical (unpaired) electrons. The van der Waals surface area contributed by atoms with Crippen molar-refractivity contribution in [3.63, 3.8) is 0 Å². The molecule has 0 aliphatic rings. The molecular weight excluding hydrogens is 218 g/mol. The fourth-order valence-electron chi connectivity index (χ4n) is 1.54. The second-order valence-electron chi connectivity index (χ2n) is 3.63. The van der Waals surface area contributed by atoms with Gasteiger partial charge in [-0.3, -0.25) is 4.79 Å². The van der Waals surface area contributed by atoms with Gasteiger partial charge in [-0.25, -0.2) is 0 Å². The van der Waals surface area contributed by atoms with Crippen molar-refractivity contribution < 1.29 is 14.6 Å². The van der Waals surface area contributed by atoms with E-state index in [4.69, 9.17) is 4.74 Å². The van der Waals surface area contributed by atoms with Gasteiger partial charge in [0.05, 0.1) is 6.61 Å². The highest BCUT2D eigenvalue weighted by Gasteiger charge is 2.13. The van der Waals surface area contributed by atoms with Crippen molar-refractivity contribution in [1.29, 1.82) is 0 Å². The summed E-state index contributed by atoms with van der Waals surface area (Å²) in [4.78, 5) is 13.8. The first kappa shape index (κ1) is 13.5. The monoisotopic (exact) mass is 237 g/mol. The van der Waals surface area contributed by atoms with Crippen LogP contribution in [0.2, 0.25) is 0 Å². The molecule has 0 unspecified atom stereocenters. The van der Waals surface area contributed by atoms with Gasteiger partial charge in [0.1, 0.15) is 5.75 Å². The number of nitrogens with zero attached hydrogens (tertiary/aromatic N) is 1. The van der Waals surface area contributed by atoms with Crippen molar-refractivity contribution in [3.05, 3.63) is 29.8 Å². The van der Waals surface area contributed by atoms with Crippen molar-refractivity contribution in [2.75, 3.05) is 26.3 Å². The summed E-state index contributed by atoms with van der Waals surface area (Å²) in [5.41, 5.74) is 0.503. The highest BCUT2D eigenvalue weighted by atomic mass is 16.5. The average molecular weight is 237 g/mol. The molecule has 0 saturated heterocycles. The lowest BCUT2D eigenvalue weighted by atomic mass is 10.2. The van der Waals surface area contributed by atoms with E-state index in [2.05, 4.69) is 0 Å². The molecule has 0 aliphatic heterocycles. The topological polar surface area (TPSA) is 49.8 Å². The van der Waals surface area contributed by atoms with Crippen LogP contribution in [0, 0.1) is 0 Å². The number of amides is 1. The molecule has 1 rings (SSSR count). The summed E-state index contributed by atoms with van der Waals surface area (Å²) in [5, 5.41) is 9.34. The number of likely N-dealkylation sites (N-methyl/N-ethyl adjacent to an activating group) is 1. The summed E-state index contributed by atoms with van der Waals surface area (Å²) >= 11 is 0. The molecule has 1 aromatic carbocycles. The minimum absolute atomic E-state index is 0.0805. The molecule has 1 aromatic rings. The third kappa shape index (κ3) is 4.07. The minimum atomic E-state index is -0.0805. The lowest BCUT2D eigenvalue weighted by molar-refractivity contribution is 0.0669. The van der Waals surface area contributed by atoms with E-state index in [0.717, 1.165) is 0 Å². The Kier molecular flexibility index (Phi) is 5.49. The van der Waals surface area contributed by atoms with E-state index in [1.54, 1.807) is 23.1 Å². The number of carbonyl (C=O) groups is 1. The summed E-state index contributed by atoms with van der Waals surface area (Å²) < 4.78 is 5.23. The largest absolute Gasteiger partial charge is 0.508 e. The number of aromatic hydroxyl groups is 1. The van der Waals surface area contributed by atoms with E-state index < -0.39 is 0 Å². The molecule has 0 saturated carbocycles. The average Bonchev–Trinajstić information content (AvgIpc) is 2.34. The molecule has 0 aliphatic carbocycles. The Balaban J connectivity index is 2.65. The van der Waals surface area contributed by atoms with Gasteiger partial charge in [0.2, 0.25) is 0 Å². The van der Waals surface area contributed by atoms with Crippen LogP contribution < -0.4 is 0 Å². The quantitative estimate of drug-likeness (QED) is 0.769. The van der Waals surface area contributed by atoms with E-state index >= 15 is 0 Å². The van der Waals surface area contributed by atoms with Crippen molar-refractivity contribution in [1.82, 2.24) is 4.90 Å². The van der Waals surface area contributed by atoms with Crippen molar-refractivity contribution in [2.24, 2.45) is 0 Å². The first-order valence-electron chi connectivity index (χ1n) is 5.85. The SMILES string of the molecule is CCOCCN(CC)C(=O)c1cccc(O)c1. The van der Waals surface area contributed by atoms with Gasteiger partial charge in [-0.2, -0.15) is 0 Å². The van der Waals surface area contributed by atoms with Gasteiger partial charge in [-0.15, -0.1) is 0 Å². The molecule has 0 bridgehead atoms. The fraction of sp³-hybridized carbons (Fsp3) is 0.462. The van der Waals surface area contributed by atoms with Crippen LogP contribution in [0.25, 0.3) is 0 Å². The zero-order valence-corrected chi connectivity index (χ0v) is 10.3. The number of hydrogen-bond donors (Lipinski definition) is 1. The number of benzene rings is 1. The Morgan fingerprint density at radius 3 is 2.76 bits per heavy atom. The summed E-state index contributed by atoms with van der Waals surface area (Å²) in [6, 6.07) is 6.39. The molecule has 0 heterocycles. The number of carbonyl (C=O) groups excluding carboxylic acids is 1. The predicted octanol–water partition coefficient (Wildman–Crippen LogP) is 1.89. The molecule has 4 heteroatoms. The van der Waals surface area contributed by atoms with E-state index in [0.29, 0.717) is 31.9 Å². The summed E-state index contributed by atoms with van der Waals surface area (Å²) in [5.74, 6) is 0.0276. The van der Waals surface area contributed by atoms with Gasteiger partial charge in [-0.1, -0.05) is 6.07 Å². The second-order valence-corrected chi connectivity index (χ2v) is 3.63. The van der Waals surface area contributed by atoms with Crippen LogP contribution in [-0.4, -0.2) is 42.2 Å². The van der Waals surface area contributed by atoms with Gasteiger partial charge in [0.25, 0.3) is 5.91 Å². The molecule has 0 spiro atoms. The molecule has 1 amide bonds. The van der Waals surface area contributed by atoms with Gasteiger partial charge in [0.15, 0.2) is 0 Å². The van der Waals surface area contributed by atoms with Crippen LogP contribution in [-0.2, 0) is 4.74 Å². The smallest absolute Gasteiger partial charge is 0.254 e. The molecule has 4 nitrogen and oxygen atoms in total. The molecule has 0 aromatic heterocycles. The maximum atomic E-state index is 12.1. The standard InChI is InChI=1S/C13H19NO3/c1-3-14(8-9-17-4-2)13(16)11-6-5-7-12(15)10-11/h5-7,10,15H,3-4,8-9H2,1-2H3. The van der Waals surface area contributed by atoms with Crippen LogP contribution in [0.4, 0.5) is 0 Å². The van der Waals surface area contributed by atoms with Crippen LogP contribution in [0.15, 0.2) is 24.3 Å². The minimum Gasteiger partial charge on any atom is -0.508 e. The van der Waals surface area contributed by atoms with E-state index in [1.807, 2.05) is 13.8 Å². The number of ether oxygens (including phenoxy) is 1. The van der Waals surface area contributed by atoms with Crippen LogP contribution in [0.3, 0.4) is 0 Å². The Labute approximate surface area is 102 Å². The van der Waals surface area contributed by atoms with E-state index in [1.165, 1.54) is 6.07 Å². The van der Waals surface area contributed by atoms with E-state index in [-0.39, 0.29) is 11.7 Å². The number of rotatable bonds is 6. The summed E-state index contributed by atoms with van der Waals surface area (Å²) in [6.45, 7) is 6.23. The molecule has 0 atom stereocenters. The van der Waals surface area contributed by atoms with Gasteiger partial charge >= 0.3 is 0 Å². The Bertz CT molecular complexity index is 365. The lowest BCUT2D eigenvalue weighted by Gasteiger charge is -2.20. The Morgan fingerprint density at radius 2 is 2.18 bits per heavy atom. The number of phenolic OH excluding ortho intramolecular Hbond substituents is 1. The first-order valence-corrected chi connectivity index (χ1v) is 5.85. The maximum Gasteiger partial charge on any atom is 0.254 e. The first-order chi connectivity index (χ1) is 8.19. The third-order valence-corrected chi connectivity index (χ3v) is 2.47. The highest BCUT2D eigenvalue weighted by Crippen LogP contribution is 2.12. The van der Waals surface area contributed by atoms with Gasteiger partial charge < -0.3 is 14.7 Å². The fourth-order valence-corrected chi connectivity index (χ4v) is 1.54. The van der Waals surface area contributed by atoms with Crippen LogP contribution in [0.1, 0.15) is 24.2 Å². The normalized spacial score (nSPS) is 10.2. The third-order valence-electron chi connectivity index (χ3n) is 2.47. The van der Waals surface area contributed by atoms with Crippen molar-refractivity contribution in [3.8, 4) is 5.75 Å². The molecule has 17 heavy (non-hydrogen) atoms. The molecule has 0 fully saturated rings. The van der Waals surface area contributed by atoms with Crippen molar-refractivity contribution in [2.45, 2.75) is 13.8 Å². The van der Waals surface area contributed by atoms with Gasteiger partial charge in [0, 0.05) is 25.3 Å². The summed E-state index contributed by atoms with van der Waals surface area (Å²) in [7, 11) is 0. The Morgan fingerprint density at radius 1 is 1.41 bits per heavy atom. The maximum absolute atomic E-state index is 12.1. The second kappa shape index (κ2) is 6.91. The predicted molar refractivity (Wildman–Crippen MR) is 66.2 cm³/mol. The zero-order chi connectivity index (χ0) is 12.7. The van der Waals surface area contributed by atoms with Gasteiger partial charge in [-0.05, 0) is 32.0 Å². The Hall–Kier alpha value is -1.55. The summed E-state index contributed by atoms with van der Waals surface area (Å²) in [6.07, 6.45) is 0. The molecular formula is C13H19NO3. The number of phenols is 1. The van der Waals surface area contributed by atoms with Crippen molar-refractivity contribution >= 4 is 5.91 Å². The lowest BCUT2D eigenvalue weighted by Crippen LogP contribution is -2.33. The molecule has 1 N–H and O–H groups in total.